The van der Waals surface area contributed by atoms with Gasteiger partial charge in [0, 0.05) is 10.6 Å². The topological polar surface area (TPSA) is 46.5 Å². The number of carboxylic acids is 1. The van der Waals surface area contributed by atoms with Gasteiger partial charge < -0.3 is 9.84 Å². The molecular formula is C14H10Cl2O3. The van der Waals surface area contributed by atoms with Crippen LogP contribution < -0.4 is 4.74 Å². The van der Waals surface area contributed by atoms with E-state index < -0.39 is 5.97 Å². The van der Waals surface area contributed by atoms with Crippen LogP contribution in [0.1, 0.15) is 5.56 Å². The zero-order chi connectivity index (χ0) is 13.8. The highest BCUT2D eigenvalue weighted by Gasteiger charge is 2.11. The normalized spacial score (nSPS) is 10.2. The van der Waals surface area contributed by atoms with Gasteiger partial charge in [0.05, 0.1) is 11.4 Å². The molecule has 0 aliphatic rings. The maximum Gasteiger partial charge on any atom is 0.307 e. The molecule has 0 unspecified atom stereocenters. The Morgan fingerprint density at radius 2 is 1.84 bits per heavy atom. The molecule has 2 aromatic rings. The molecule has 2 rings (SSSR count). The van der Waals surface area contributed by atoms with Crippen molar-refractivity contribution >= 4 is 29.2 Å². The summed E-state index contributed by atoms with van der Waals surface area (Å²) in [6.07, 6.45) is -0.166. The van der Waals surface area contributed by atoms with Crippen LogP contribution in [0.4, 0.5) is 0 Å². The average molecular weight is 297 g/mol. The first kappa shape index (κ1) is 13.7. The molecule has 2 aromatic carbocycles. The minimum Gasteiger partial charge on any atom is -0.481 e. The Hall–Kier alpha value is -1.71. The number of carboxylic acid groups (broad SMARTS) is 1. The van der Waals surface area contributed by atoms with Crippen molar-refractivity contribution in [2.24, 2.45) is 0 Å². The van der Waals surface area contributed by atoms with Crippen molar-refractivity contribution in [3.05, 3.63) is 58.1 Å². The predicted molar refractivity (Wildman–Crippen MR) is 74.3 cm³/mol. The van der Waals surface area contributed by atoms with Crippen molar-refractivity contribution in [3.8, 4) is 11.5 Å². The van der Waals surface area contributed by atoms with Crippen molar-refractivity contribution in [2.45, 2.75) is 6.42 Å². The molecule has 0 aliphatic carbocycles. The van der Waals surface area contributed by atoms with Gasteiger partial charge in [-0.05, 0) is 30.3 Å². The first-order chi connectivity index (χ1) is 9.06. The maximum atomic E-state index is 10.8. The summed E-state index contributed by atoms with van der Waals surface area (Å²) in [4.78, 5) is 10.8. The van der Waals surface area contributed by atoms with Crippen LogP contribution in [0, 0.1) is 0 Å². The van der Waals surface area contributed by atoms with Crippen LogP contribution in [0.2, 0.25) is 10.0 Å². The molecule has 0 saturated heterocycles. The van der Waals surface area contributed by atoms with E-state index >= 15 is 0 Å². The van der Waals surface area contributed by atoms with Crippen LogP contribution in [0.25, 0.3) is 0 Å². The molecule has 0 aromatic heterocycles. The molecule has 19 heavy (non-hydrogen) atoms. The fourth-order valence-electron chi connectivity index (χ4n) is 1.59. The Balaban J connectivity index is 2.34. The number of ether oxygens (including phenoxy) is 1. The van der Waals surface area contributed by atoms with Gasteiger partial charge in [-0.2, -0.15) is 0 Å². The second-order valence-electron chi connectivity index (χ2n) is 3.86. The van der Waals surface area contributed by atoms with Crippen molar-refractivity contribution in [1.29, 1.82) is 0 Å². The summed E-state index contributed by atoms with van der Waals surface area (Å²) >= 11 is 11.9. The SMILES string of the molecule is O=C(O)Cc1cc(Cl)ccc1Oc1ccccc1Cl. The van der Waals surface area contributed by atoms with Crippen LogP contribution in [0.15, 0.2) is 42.5 Å². The lowest BCUT2D eigenvalue weighted by Gasteiger charge is -2.11. The third-order valence-electron chi connectivity index (χ3n) is 2.42. The van der Waals surface area contributed by atoms with E-state index in [-0.39, 0.29) is 6.42 Å². The molecule has 0 saturated carbocycles. The molecule has 0 atom stereocenters. The van der Waals surface area contributed by atoms with Gasteiger partial charge in [-0.3, -0.25) is 4.79 Å². The zero-order valence-corrected chi connectivity index (χ0v) is 11.3. The smallest absolute Gasteiger partial charge is 0.307 e. The van der Waals surface area contributed by atoms with E-state index in [1.165, 1.54) is 0 Å². The predicted octanol–water partition coefficient (Wildman–Crippen LogP) is 4.41. The van der Waals surface area contributed by atoms with Crippen LogP contribution in [-0.2, 0) is 11.2 Å². The van der Waals surface area contributed by atoms with Gasteiger partial charge in [0.15, 0.2) is 0 Å². The van der Waals surface area contributed by atoms with E-state index in [4.69, 9.17) is 33.0 Å². The van der Waals surface area contributed by atoms with Gasteiger partial charge in [-0.25, -0.2) is 0 Å². The number of aliphatic carboxylic acids is 1. The summed E-state index contributed by atoms with van der Waals surface area (Å²) in [5.41, 5.74) is 0.500. The summed E-state index contributed by atoms with van der Waals surface area (Å²) in [7, 11) is 0. The van der Waals surface area contributed by atoms with Crippen molar-refractivity contribution in [3.63, 3.8) is 0 Å². The zero-order valence-electron chi connectivity index (χ0n) is 9.77. The monoisotopic (exact) mass is 296 g/mol. The standard InChI is InChI=1S/C14H10Cl2O3/c15-10-5-6-12(9(7-10)8-14(17)18)19-13-4-2-1-3-11(13)16/h1-7H,8H2,(H,17,18). The van der Waals surface area contributed by atoms with Gasteiger partial charge >= 0.3 is 5.97 Å². The van der Waals surface area contributed by atoms with E-state index in [2.05, 4.69) is 0 Å². The van der Waals surface area contributed by atoms with E-state index in [0.29, 0.717) is 27.1 Å². The van der Waals surface area contributed by atoms with E-state index in [1.54, 1.807) is 42.5 Å². The number of hydrogen-bond donors (Lipinski definition) is 1. The molecule has 98 valence electrons. The first-order valence-electron chi connectivity index (χ1n) is 5.49. The van der Waals surface area contributed by atoms with Crippen molar-refractivity contribution in [2.75, 3.05) is 0 Å². The van der Waals surface area contributed by atoms with Gasteiger partial charge in [0.1, 0.15) is 11.5 Å². The van der Waals surface area contributed by atoms with E-state index in [1.807, 2.05) is 0 Å². The highest BCUT2D eigenvalue weighted by atomic mass is 35.5. The van der Waals surface area contributed by atoms with Gasteiger partial charge in [0.25, 0.3) is 0 Å². The quantitative estimate of drug-likeness (QED) is 0.909. The van der Waals surface area contributed by atoms with Crippen LogP contribution >= 0.6 is 23.2 Å². The summed E-state index contributed by atoms with van der Waals surface area (Å²) in [6, 6.07) is 11.8. The lowest BCUT2D eigenvalue weighted by atomic mass is 10.1. The molecule has 0 heterocycles. The highest BCUT2D eigenvalue weighted by molar-refractivity contribution is 6.32. The number of rotatable bonds is 4. The largest absolute Gasteiger partial charge is 0.481 e. The average Bonchev–Trinajstić information content (AvgIpc) is 2.34. The Kier molecular flexibility index (Phi) is 4.30. The number of halogens is 2. The molecule has 0 radical (unpaired) electrons. The van der Waals surface area contributed by atoms with Gasteiger partial charge in [0.2, 0.25) is 0 Å². The summed E-state index contributed by atoms with van der Waals surface area (Å²) in [6.45, 7) is 0. The molecule has 0 bridgehead atoms. The maximum absolute atomic E-state index is 10.8. The van der Waals surface area contributed by atoms with Crippen LogP contribution in [0.3, 0.4) is 0 Å². The molecule has 0 aliphatic heterocycles. The highest BCUT2D eigenvalue weighted by Crippen LogP contribution is 2.32. The summed E-state index contributed by atoms with van der Waals surface area (Å²) in [5.74, 6) is -0.0516. The van der Waals surface area contributed by atoms with Gasteiger partial charge in [-0.15, -0.1) is 0 Å². The molecule has 0 spiro atoms. The lowest BCUT2D eigenvalue weighted by molar-refractivity contribution is -0.136. The minimum absolute atomic E-state index is 0.166. The van der Waals surface area contributed by atoms with E-state index in [0.717, 1.165) is 0 Å². The number of carbonyl (C=O) groups is 1. The minimum atomic E-state index is -0.953. The number of benzene rings is 2. The second-order valence-corrected chi connectivity index (χ2v) is 4.70. The van der Waals surface area contributed by atoms with E-state index in [9.17, 15) is 4.79 Å². The molecule has 0 amide bonds. The molecule has 3 nitrogen and oxygen atoms in total. The molecule has 5 heteroatoms. The van der Waals surface area contributed by atoms with Crippen molar-refractivity contribution in [1.82, 2.24) is 0 Å². The Morgan fingerprint density at radius 1 is 1.11 bits per heavy atom. The fourth-order valence-corrected chi connectivity index (χ4v) is 1.96. The third-order valence-corrected chi connectivity index (χ3v) is 2.97. The summed E-state index contributed by atoms with van der Waals surface area (Å²) in [5, 5.41) is 9.80. The molecule has 0 fully saturated rings. The third kappa shape index (κ3) is 3.63. The summed E-state index contributed by atoms with van der Waals surface area (Å²) < 4.78 is 5.64. The fraction of sp³-hybridized carbons (Fsp3) is 0.0714. The lowest BCUT2D eigenvalue weighted by Crippen LogP contribution is -2.02. The van der Waals surface area contributed by atoms with Crippen molar-refractivity contribution < 1.29 is 14.6 Å². The Labute approximate surface area is 120 Å². The molecular weight excluding hydrogens is 287 g/mol. The Morgan fingerprint density at radius 3 is 2.53 bits per heavy atom. The van der Waals surface area contributed by atoms with Crippen LogP contribution in [0.5, 0.6) is 11.5 Å². The van der Waals surface area contributed by atoms with Crippen LogP contribution in [-0.4, -0.2) is 11.1 Å². The Bertz CT molecular complexity index is 611. The van der Waals surface area contributed by atoms with Gasteiger partial charge in [-0.1, -0.05) is 35.3 Å². The number of para-hydroxylation sites is 1. The first-order valence-corrected chi connectivity index (χ1v) is 6.24. The second kappa shape index (κ2) is 5.95. The molecule has 1 N–H and O–H groups in total. The number of hydrogen-bond acceptors (Lipinski definition) is 2.